The van der Waals surface area contributed by atoms with Crippen molar-refractivity contribution in [2.45, 2.75) is 82.2 Å². The number of anilines is 1. The predicted octanol–water partition coefficient (Wildman–Crippen LogP) is 6.32. The van der Waals surface area contributed by atoms with Crippen LogP contribution in [0.1, 0.15) is 56.8 Å². The Kier molecular flexibility index (Phi) is 9.25. The molecule has 0 saturated carbocycles. The van der Waals surface area contributed by atoms with Crippen molar-refractivity contribution in [1.82, 2.24) is 39.6 Å². The first kappa shape index (κ1) is 37.6. The average Bonchev–Trinajstić information content (AvgIpc) is 3.95. The van der Waals surface area contributed by atoms with Gasteiger partial charge in [0, 0.05) is 50.2 Å². The molecule has 3 saturated heterocycles. The molecule has 3 fully saturated rings. The summed E-state index contributed by atoms with van der Waals surface area (Å²) in [5, 5.41) is 3.87. The topological polar surface area (TPSA) is 140 Å². The molecule has 2 aromatic carbocycles. The lowest BCUT2D eigenvalue weighted by Gasteiger charge is -2.42. The molecule has 2 amide bonds. The molecule has 2 atom stereocenters. The number of hydrogen-bond donors (Lipinski definition) is 1. The molecule has 308 valence electrons. The highest BCUT2D eigenvalue weighted by Gasteiger charge is 2.45. The molecule has 2 unspecified atom stereocenters. The van der Waals surface area contributed by atoms with E-state index < -0.39 is 35.5 Å². The second-order valence-corrected chi connectivity index (χ2v) is 16.7. The zero-order valence-corrected chi connectivity index (χ0v) is 32.7. The number of carbonyl (C=O) groups excluding carboxylic acids is 2. The second-order valence-electron chi connectivity index (χ2n) is 16.7. The quantitative estimate of drug-likeness (QED) is 0.218. The van der Waals surface area contributed by atoms with E-state index >= 15 is 13.2 Å². The predicted molar refractivity (Wildman–Crippen MR) is 210 cm³/mol. The third-order valence-electron chi connectivity index (χ3n) is 12.7. The molecule has 17 heteroatoms. The Hall–Kier alpha value is -5.71. The fourth-order valence-electron chi connectivity index (χ4n) is 9.94. The molecule has 0 aliphatic carbocycles. The number of carbonyl (C=O) groups is 2. The number of amides is 2. The van der Waals surface area contributed by atoms with E-state index in [1.54, 1.807) is 30.2 Å². The van der Waals surface area contributed by atoms with Gasteiger partial charge in [0.25, 0.3) is 0 Å². The van der Waals surface area contributed by atoms with Crippen molar-refractivity contribution in [2.75, 3.05) is 50.8 Å². The van der Waals surface area contributed by atoms with Crippen molar-refractivity contribution in [2.24, 2.45) is 0 Å². The first-order valence-corrected chi connectivity index (χ1v) is 20.4. The van der Waals surface area contributed by atoms with E-state index in [0.29, 0.717) is 30.5 Å². The minimum atomic E-state index is -1.38. The minimum Gasteiger partial charge on any atom is -0.461 e. The summed E-state index contributed by atoms with van der Waals surface area (Å²) in [6.07, 6.45) is 6.58. The van der Waals surface area contributed by atoms with Gasteiger partial charge >= 0.3 is 18.2 Å². The van der Waals surface area contributed by atoms with Gasteiger partial charge in [0.2, 0.25) is 0 Å². The summed E-state index contributed by atoms with van der Waals surface area (Å²) in [6, 6.07) is 5.87. The van der Waals surface area contributed by atoms with Gasteiger partial charge in [-0.15, -0.1) is 0 Å². The summed E-state index contributed by atoms with van der Waals surface area (Å²) in [4.78, 5) is 50.8. The van der Waals surface area contributed by atoms with Gasteiger partial charge in [0.1, 0.15) is 47.2 Å². The fourth-order valence-corrected chi connectivity index (χ4v) is 9.94. The number of halogens is 3. The number of hydrogen-bond acceptors (Lipinski definition) is 11. The first-order chi connectivity index (χ1) is 28.5. The third kappa shape index (κ3) is 6.82. The van der Waals surface area contributed by atoms with Gasteiger partial charge in [-0.25, -0.2) is 27.7 Å². The van der Waals surface area contributed by atoms with Gasteiger partial charge in [0.05, 0.1) is 36.2 Å². The van der Waals surface area contributed by atoms with Crippen LogP contribution in [0.3, 0.4) is 0 Å². The first-order valence-electron chi connectivity index (χ1n) is 20.4. The lowest BCUT2D eigenvalue weighted by molar-refractivity contribution is 0.107. The number of pyridine rings is 1. The Balaban J connectivity index is 1.12. The number of piperidine rings is 1. The molecule has 5 aromatic rings. The second kappa shape index (κ2) is 14.5. The summed E-state index contributed by atoms with van der Waals surface area (Å²) in [5.74, 6) is -0.368. The molecule has 6 aliphatic rings. The molecule has 59 heavy (non-hydrogen) atoms. The molecule has 9 heterocycles. The molecular weight excluding hydrogens is 768 g/mol. The van der Waals surface area contributed by atoms with Gasteiger partial charge in [-0.2, -0.15) is 9.97 Å². The van der Waals surface area contributed by atoms with Crippen LogP contribution in [0.25, 0.3) is 32.9 Å². The Morgan fingerprint density at radius 1 is 1.07 bits per heavy atom. The van der Waals surface area contributed by atoms with Crippen molar-refractivity contribution in [3.05, 3.63) is 65.9 Å². The largest absolute Gasteiger partial charge is 0.461 e. The van der Waals surface area contributed by atoms with Crippen molar-refractivity contribution >= 4 is 39.7 Å². The van der Waals surface area contributed by atoms with Crippen LogP contribution in [-0.2, 0) is 24.2 Å². The maximum Gasteiger partial charge on any atom is 0.415 e. The van der Waals surface area contributed by atoms with Crippen molar-refractivity contribution in [3.8, 4) is 23.0 Å². The van der Waals surface area contributed by atoms with E-state index in [1.165, 1.54) is 23.2 Å². The van der Waals surface area contributed by atoms with Crippen LogP contribution in [0.15, 0.2) is 42.9 Å². The Labute approximate surface area is 337 Å². The Morgan fingerprint density at radius 3 is 2.76 bits per heavy atom. The molecule has 1 N–H and O–H groups in total. The van der Waals surface area contributed by atoms with E-state index in [-0.39, 0.29) is 96.3 Å². The van der Waals surface area contributed by atoms with Crippen LogP contribution in [-0.4, -0.2) is 110 Å². The minimum absolute atomic E-state index is 0.0116. The summed E-state index contributed by atoms with van der Waals surface area (Å²) >= 11 is 0. The number of aromatic nitrogens is 5. The van der Waals surface area contributed by atoms with E-state index in [9.17, 15) is 9.59 Å². The number of nitrogens with zero attached hydrogens (tertiary/aromatic N) is 8. The molecule has 0 radical (unpaired) electrons. The van der Waals surface area contributed by atoms with E-state index in [1.807, 2.05) is 10.8 Å². The van der Waals surface area contributed by atoms with Gasteiger partial charge in [0.15, 0.2) is 5.82 Å². The number of rotatable bonds is 4. The Bertz CT molecular complexity index is 2490. The number of ether oxygens (including phenoxy) is 3. The maximum absolute atomic E-state index is 17.6. The zero-order valence-electron chi connectivity index (χ0n) is 32.7. The summed E-state index contributed by atoms with van der Waals surface area (Å²) in [5.41, 5.74) is -1.14. The van der Waals surface area contributed by atoms with Crippen molar-refractivity contribution in [3.63, 3.8) is 0 Å². The van der Waals surface area contributed by atoms with Gasteiger partial charge in [-0.3, -0.25) is 14.8 Å². The lowest BCUT2D eigenvalue weighted by atomic mass is 9.90. The van der Waals surface area contributed by atoms with Gasteiger partial charge in [-0.1, -0.05) is 6.07 Å². The van der Waals surface area contributed by atoms with Crippen LogP contribution >= 0.6 is 0 Å². The smallest absolute Gasteiger partial charge is 0.415 e. The average molecular weight is 812 g/mol. The molecular formula is C42H44F3N9O5. The number of fused-ring (bicyclic) bond motifs is 8. The molecule has 6 aliphatic heterocycles. The number of alkyl halides is 1. The van der Waals surface area contributed by atoms with Crippen LogP contribution in [0, 0.1) is 11.6 Å². The molecule has 3 aromatic heterocycles. The number of aryl methyl sites for hydroxylation is 1. The molecule has 6 bridgehead atoms. The maximum atomic E-state index is 17.6. The number of alkyl carbamates (subject to hydrolysis) is 1. The molecule has 14 nitrogen and oxygen atoms in total. The molecule has 0 spiro atoms. The van der Waals surface area contributed by atoms with Crippen LogP contribution in [0.4, 0.5) is 28.6 Å². The zero-order chi connectivity index (χ0) is 40.5. The SMILES string of the molecule is CC12CC(F)CN(C1)c1nc(OCC34CCCN3CCC4)nc3c(F)c(ncc13)-c1cc(OC(=O)N3CCn4ccnc4C3)cc3ccc(F)c(c13)CCCOC(=O)N2. The van der Waals surface area contributed by atoms with Crippen LogP contribution in [0.2, 0.25) is 0 Å². The van der Waals surface area contributed by atoms with Gasteiger partial charge in [-0.05, 0) is 93.1 Å². The summed E-state index contributed by atoms with van der Waals surface area (Å²) in [6.45, 7) is 5.14. The highest BCUT2D eigenvalue weighted by atomic mass is 19.1. The van der Waals surface area contributed by atoms with Crippen LogP contribution in [0.5, 0.6) is 11.8 Å². The van der Waals surface area contributed by atoms with Crippen molar-refractivity contribution in [1.29, 1.82) is 0 Å². The summed E-state index contributed by atoms with van der Waals surface area (Å²) in [7, 11) is 0. The monoisotopic (exact) mass is 811 g/mol. The third-order valence-corrected chi connectivity index (χ3v) is 12.7. The normalized spacial score (nSPS) is 22.9. The van der Waals surface area contributed by atoms with Crippen LogP contribution < -0.4 is 19.7 Å². The number of imidazole rings is 1. The van der Waals surface area contributed by atoms with E-state index in [4.69, 9.17) is 19.2 Å². The van der Waals surface area contributed by atoms with Crippen molar-refractivity contribution < 1.29 is 37.0 Å². The number of benzene rings is 2. The van der Waals surface area contributed by atoms with E-state index in [0.717, 1.165) is 44.6 Å². The number of nitrogens with one attached hydrogen (secondary N) is 1. The standard InChI is InChI=1S/C42H44F3N9O5/c1-41-19-26(43)21-53(23-41)37-30-20-47-35(34(45)36(30)48-38(49-37)58-24-42-8-3-11-54(42)12-4-9-42)29-18-27(59-40(56)52-15-14-51-13-10-46-32(51)22-52)17-25-6-7-31(44)28(33(25)29)5-2-16-57-39(55)50-41/h6-7,10,13,17-18,20,26H,2-5,8-9,11-12,14-16,19,21-24H2,1H3,(H,50,55). The Morgan fingerprint density at radius 2 is 1.92 bits per heavy atom. The van der Waals surface area contributed by atoms with E-state index in [2.05, 4.69) is 25.2 Å². The fraction of sp³-hybridized carbons (Fsp3) is 0.476. The van der Waals surface area contributed by atoms with Gasteiger partial charge < -0.3 is 29.0 Å². The highest BCUT2D eigenvalue weighted by molar-refractivity contribution is 6.02. The lowest BCUT2D eigenvalue weighted by Crippen LogP contribution is -2.60. The molecule has 11 rings (SSSR count). The highest BCUT2D eigenvalue weighted by Crippen LogP contribution is 2.42. The summed E-state index contributed by atoms with van der Waals surface area (Å²) < 4.78 is 69.1.